The number of carbonyl (C=O) groups is 1. The highest BCUT2D eigenvalue weighted by atomic mass is 32.2. The quantitative estimate of drug-likeness (QED) is 0.537. The highest BCUT2D eigenvalue weighted by molar-refractivity contribution is 7.99. The largest absolute Gasteiger partial charge is 0.277 e. The number of hydrogen-bond acceptors (Lipinski definition) is 4. The Morgan fingerprint density at radius 1 is 0.846 bits per heavy atom. The van der Waals surface area contributed by atoms with Crippen LogP contribution < -0.4 is 4.90 Å². The summed E-state index contributed by atoms with van der Waals surface area (Å²) in [4.78, 5) is 17.2. The van der Waals surface area contributed by atoms with Crippen LogP contribution in [0.3, 0.4) is 0 Å². The predicted octanol–water partition coefficient (Wildman–Crippen LogP) is 4.26. The number of aromatic nitrogens is 3. The minimum absolute atomic E-state index is 0.0409. The molecule has 126 valence electrons. The van der Waals surface area contributed by atoms with Crippen molar-refractivity contribution in [2.45, 2.75) is 16.3 Å². The maximum atomic E-state index is 13.3. The zero-order valence-corrected chi connectivity index (χ0v) is 14.6. The number of anilines is 2. The van der Waals surface area contributed by atoms with Crippen LogP contribution in [-0.2, 0) is 11.3 Å². The van der Waals surface area contributed by atoms with E-state index >= 15 is 0 Å². The van der Waals surface area contributed by atoms with E-state index in [-0.39, 0.29) is 12.5 Å². The molecule has 5 rings (SSSR count). The number of amides is 1. The van der Waals surface area contributed by atoms with Gasteiger partial charge in [0.15, 0.2) is 0 Å². The number of hydrogen-bond donors (Lipinski definition) is 0. The van der Waals surface area contributed by atoms with Crippen molar-refractivity contribution < 1.29 is 4.79 Å². The molecule has 1 amide bonds. The minimum Gasteiger partial charge on any atom is -0.277 e. The highest BCUT2D eigenvalue weighted by Gasteiger charge is 2.28. The van der Waals surface area contributed by atoms with Crippen LogP contribution in [0, 0.1) is 0 Å². The third-order valence-electron chi connectivity index (χ3n) is 4.39. The van der Waals surface area contributed by atoms with Gasteiger partial charge in [0.2, 0.25) is 0 Å². The first-order valence-electron chi connectivity index (χ1n) is 8.28. The Morgan fingerprint density at radius 2 is 1.46 bits per heavy atom. The number of para-hydroxylation sites is 3. The molecular formula is C20H14N4OS. The molecule has 5 nitrogen and oxygen atoms in total. The van der Waals surface area contributed by atoms with E-state index in [0.29, 0.717) is 0 Å². The molecule has 0 N–H and O–H groups in total. The monoisotopic (exact) mass is 358 g/mol. The van der Waals surface area contributed by atoms with Crippen LogP contribution in [0.1, 0.15) is 0 Å². The lowest BCUT2D eigenvalue weighted by molar-refractivity contribution is -0.118. The lowest BCUT2D eigenvalue weighted by Crippen LogP contribution is -2.32. The van der Waals surface area contributed by atoms with Gasteiger partial charge in [0.25, 0.3) is 5.91 Å². The van der Waals surface area contributed by atoms with Gasteiger partial charge in [0, 0.05) is 9.79 Å². The van der Waals surface area contributed by atoms with Crippen molar-refractivity contribution in [3.63, 3.8) is 0 Å². The Bertz CT molecular complexity index is 1090. The molecule has 0 bridgehead atoms. The minimum atomic E-state index is -0.0409. The van der Waals surface area contributed by atoms with E-state index in [4.69, 9.17) is 0 Å². The van der Waals surface area contributed by atoms with Gasteiger partial charge in [-0.3, -0.25) is 9.69 Å². The number of fused-ring (bicyclic) bond motifs is 3. The van der Waals surface area contributed by atoms with Crippen molar-refractivity contribution in [2.24, 2.45) is 0 Å². The van der Waals surface area contributed by atoms with Crippen LogP contribution in [0.15, 0.2) is 82.6 Å². The van der Waals surface area contributed by atoms with Gasteiger partial charge in [-0.15, -0.1) is 5.10 Å². The third-order valence-corrected chi connectivity index (χ3v) is 5.52. The van der Waals surface area contributed by atoms with Gasteiger partial charge < -0.3 is 0 Å². The third kappa shape index (κ3) is 2.38. The summed E-state index contributed by atoms with van der Waals surface area (Å²) in [5.74, 6) is -0.0409. The Morgan fingerprint density at radius 3 is 2.19 bits per heavy atom. The first-order chi connectivity index (χ1) is 12.8. The molecule has 0 unspecified atom stereocenters. The standard InChI is InChI=1S/C20H14N4OS/c25-20(13-23-15-8-2-1-7-14(15)21-22-23)24-16-9-3-5-11-18(16)26-19-12-6-4-10-17(19)24/h1-12H,13H2. The summed E-state index contributed by atoms with van der Waals surface area (Å²) in [5.41, 5.74) is 3.46. The summed E-state index contributed by atoms with van der Waals surface area (Å²) in [6.45, 7) is 0.133. The Hall–Kier alpha value is -3.12. The topological polar surface area (TPSA) is 51.0 Å². The van der Waals surface area contributed by atoms with E-state index in [0.717, 1.165) is 32.2 Å². The fourth-order valence-corrected chi connectivity index (χ4v) is 4.26. The normalized spacial score (nSPS) is 12.7. The zero-order valence-electron chi connectivity index (χ0n) is 13.7. The van der Waals surface area contributed by atoms with Crippen LogP contribution in [0.2, 0.25) is 0 Å². The lowest BCUT2D eigenvalue weighted by atomic mass is 10.2. The van der Waals surface area contributed by atoms with E-state index in [1.54, 1.807) is 21.3 Å². The predicted molar refractivity (Wildman–Crippen MR) is 102 cm³/mol. The van der Waals surface area contributed by atoms with Crippen molar-refractivity contribution in [3.05, 3.63) is 72.8 Å². The number of carbonyl (C=O) groups excluding carboxylic acids is 1. The molecule has 3 aromatic carbocycles. The van der Waals surface area contributed by atoms with Crippen LogP contribution in [-0.4, -0.2) is 20.9 Å². The molecule has 1 aliphatic heterocycles. The molecule has 26 heavy (non-hydrogen) atoms. The summed E-state index contributed by atoms with van der Waals surface area (Å²) in [6.07, 6.45) is 0. The summed E-state index contributed by atoms with van der Waals surface area (Å²) in [6, 6.07) is 23.6. The molecule has 1 aromatic heterocycles. The van der Waals surface area contributed by atoms with Gasteiger partial charge in [-0.25, -0.2) is 4.68 Å². The van der Waals surface area contributed by atoms with Crippen LogP contribution >= 0.6 is 11.8 Å². The summed E-state index contributed by atoms with van der Waals surface area (Å²) < 4.78 is 1.66. The second kappa shape index (κ2) is 6.00. The van der Waals surface area contributed by atoms with Crippen LogP contribution in [0.5, 0.6) is 0 Å². The molecule has 0 atom stereocenters. The van der Waals surface area contributed by atoms with Crippen molar-refractivity contribution >= 4 is 40.1 Å². The molecule has 0 saturated carbocycles. The molecule has 0 radical (unpaired) electrons. The molecule has 2 heterocycles. The number of rotatable bonds is 2. The van der Waals surface area contributed by atoms with E-state index in [1.807, 2.05) is 72.8 Å². The van der Waals surface area contributed by atoms with Gasteiger partial charge in [0.1, 0.15) is 12.1 Å². The lowest BCUT2D eigenvalue weighted by Gasteiger charge is -2.31. The first kappa shape index (κ1) is 15.2. The molecule has 0 saturated heterocycles. The van der Waals surface area contributed by atoms with E-state index in [1.165, 1.54) is 0 Å². The smallest absolute Gasteiger partial charge is 0.253 e. The summed E-state index contributed by atoms with van der Waals surface area (Å²) in [7, 11) is 0. The average molecular weight is 358 g/mol. The fraction of sp³-hybridized carbons (Fsp3) is 0.0500. The van der Waals surface area contributed by atoms with E-state index < -0.39 is 0 Å². The highest BCUT2D eigenvalue weighted by Crippen LogP contribution is 2.47. The van der Waals surface area contributed by atoms with Gasteiger partial charge in [-0.2, -0.15) is 0 Å². The van der Waals surface area contributed by atoms with Gasteiger partial charge in [-0.1, -0.05) is 53.4 Å². The molecular weight excluding hydrogens is 344 g/mol. The van der Waals surface area contributed by atoms with Crippen molar-refractivity contribution in [1.29, 1.82) is 0 Å². The molecule has 0 aliphatic carbocycles. The second-order valence-electron chi connectivity index (χ2n) is 6.00. The first-order valence-corrected chi connectivity index (χ1v) is 9.10. The molecule has 0 fully saturated rings. The maximum absolute atomic E-state index is 13.3. The molecule has 1 aliphatic rings. The Labute approximate surface area is 154 Å². The summed E-state index contributed by atoms with van der Waals surface area (Å²) >= 11 is 1.69. The molecule has 0 spiro atoms. The van der Waals surface area contributed by atoms with Crippen molar-refractivity contribution in [1.82, 2.24) is 15.0 Å². The second-order valence-corrected chi connectivity index (χ2v) is 7.09. The summed E-state index contributed by atoms with van der Waals surface area (Å²) in [5, 5.41) is 8.30. The molecule has 6 heteroatoms. The Balaban J connectivity index is 1.58. The number of benzene rings is 3. The van der Waals surface area contributed by atoms with Crippen molar-refractivity contribution in [2.75, 3.05) is 4.90 Å². The molecule has 4 aromatic rings. The zero-order chi connectivity index (χ0) is 17.5. The van der Waals surface area contributed by atoms with Crippen LogP contribution in [0.25, 0.3) is 11.0 Å². The van der Waals surface area contributed by atoms with Gasteiger partial charge in [-0.05, 0) is 36.4 Å². The van der Waals surface area contributed by atoms with Gasteiger partial charge >= 0.3 is 0 Å². The SMILES string of the molecule is O=C(Cn1nnc2ccccc21)N1c2ccccc2Sc2ccccc21. The van der Waals surface area contributed by atoms with E-state index in [2.05, 4.69) is 10.3 Å². The van der Waals surface area contributed by atoms with E-state index in [9.17, 15) is 4.79 Å². The average Bonchev–Trinajstić information content (AvgIpc) is 3.09. The Kier molecular flexibility index (Phi) is 3.50. The maximum Gasteiger partial charge on any atom is 0.253 e. The fourth-order valence-electron chi connectivity index (χ4n) is 3.21. The van der Waals surface area contributed by atoms with Crippen LogP contribution in [0.4, 0.5) is 11.4 Å². The number of nitrogens with zero attached hydrogens (tertiary/aromatic N) is 4. The van der Waals surface area contributed by atoms with Gasteiger partial charge in [0.05, 0.1) is 16.9 Å². The van der Waals surface area contributed by atoms with Crippen molar-refractivity contribution in [3.8, 4) is 0 Å².